The summed E-state index contributed by atoms with van der Waals surface area (Å²) in [5.74, 6) is 1.85. The summed E-state index contributed by atoms with van der Waals surface area (Å²) in [7, 11) is 0. The van der Waals surface area contributed by atoms with Gasteiger partial charge in [0.25, 0.3) is 0 Å². The Bertz CT molecular complexity index is 310. The molecule has 0 N–H and O–H groups in total. The van der Waals surface area contributed by atoms with Crippen molar-refractivity contribution in [2.75, 3.05) is 0 Å². The second-order valence-corrected chi connectivity index (χ2v) is 4.91. The average Bonchev–Trinajstić information content (AvgIpc) is 2.47. The van der Waals surface area contributed by atoms with Gasteiger partial charge >= 0.3 is 0 Å². The van der Waals surface area contributed by atoms with Gasteiger partial charge in [-0.3, -0.25) is 4.79 Å². The van der Waals surface area contributed by atoms with Gasteiger partial charge < -0.3 is 4.52 Å². The highest BCUT2D eigenvalue weighted by Gasteiger charge is 2.08. The molecule has 78 valence electrons. The topological polar surface area (TPSA) is 56.0 Å². The molecule has 0 aliphatic rings. The lowest BCUT2D eigenvalue weighted by Crippen LogP contribution is -1.96. The Morgan fingerprint density at radius 1 is 1.57 bits per heavy atom. The summed E-state index contributed by atoms with van der Waals surface area (Å²) in [6, 6.07) is 0. The number of Topliss-reactive ketones (excluding diaryl/α,β-unsaturated/α-hetero) is 1. The van der Waals surface area contributed by atoms with E-state index in [1.54, 1.807) is 11.8 Å². The van der Waals surface area contributed by atoms with Crippen molar-refractivity contribution in [3.63, 3.8) is 0 Å². The van der Waals surface area contributed by atoms with Crippen molar-refractivity contribution >= 4 is 17.5 Å². The molecule has 0 unspecified atom stereocenters. The number of thioether (sulfide) groups is 1. The lowest BCUT2D eigenvalue weighted by atomic mass is 10.3. The van der Waals surface area contributed by atoms with Gasteiger partial charge in [0.05, 0.1) is 12.2 Å². The maximum absolute atomic E-state index is 10.8. The van der Waals surface area contributed by atoms with E-state index in [0.29, 0.717) is 17.0 Å². The van der Waals surface area contributed by atoms with Crippen LogP contribution in [-0.2, 0) is 17.0 Å². The van der Waals surface area contributed by atoms with Crippen molar-refractivity contribution in [1.82, 2.24) is 10.1 Å². The zero-order valence-electron chi connectivity index (χ0n) is 8.61. The van der Waals surface area contributed by atoms with Crippen LogP contribution in [0, 0.1) is 0 Å². The zero-order valence-corrected chi connectivity index (χ0v) is 9.43. The van der Waals surface area contributed by atoms with Crippen molar-refractivity contribution < 1.29 is 9.32 Å². The standard InChI is InChI=1S/C9H14N2O2S/c1-6(2)14-5-8-10-9(13-11-8)4-7(3)12/h6H,4-5H2,1-3H3. The third-order valence-electron chi connectivity index (χ3n) is 1.46. The van der Waals surface area contributed by atoms with Gasteiger partial charge in [0.2, 0.25) is 5.89 Å². The molecule has 5 heteroatoms. The molecule has 0 bridgehead atoms. The quantitative estimate of drug-likeness (QED) is 0.748. The number of carbonyl (C=O) groups excluding carboxylic acids is 1. The van der Waals surface area contributed by atoms with Gasteiger partial charge in [0.15, 0.2) is 5.82 Å². The summed E-state index contributed by atoms with van der Waals surface area (Å²) in [6.45, 7) is 5.73. The molecule has 0 fully saturated rings. The Morgan fingerprint density at radius 3 is 2.86 bits per heavy atom. The molecule has 0 saturated heterocycles. The molecule has 0 saturated carbocycles. The fourth-order valence-corrected chi connectivity index (χ4v) is 1.47. The van der Waals surface area contributed by atoms with E-state index in [1.807, 2.05) is 0 Å². The molecule has 1 rings (SSSR count). The SMILES string of the molecule is CC(=O)Cc1nc(CSC(C)C)no1. The van der Waals surface area contributed by atoms with E-state index in [0.717, 1.165) is 5.75 Å². The third-order valence-corrected chi connectivity index (χ3v) is 2.55. The summed E-state index contributed by atoms with van der Waals surface area (Å²) in [6.07, 6.45) is 0.235. The van der Waals surface area contributed by atoms with Crippen LogP contribution in [0.15, 0.2) is 4.52 Å². The van der Waals surface area contributed by atoms with Crippen molar-refractivity contribution in [3.8, 4) is 0 Å². The molecule has 0 aromatic carbocycles. The molecule has 1 aromatic rings. The van der Waals surface area contributed by atoms with Gasteiger partial charge in [0, 0.05) is 0 Å². The Morgan fingerprint density at radius 2 is 2.29 bits per heavy atom. The first kappa shape index (κ1) is 11.2. The smallest absolute Gasteiger partial charge is 0.234 e. The average molecular weight is 214 g/mol. The molecule has 1 aromatic heterocycles. The first-order valence-corrected chi connectivity index (χ1v) is 5.55. The van der Waals surface area contributed by atoms with Gasteiger partial charge in [-0.25, -0.2) is 0 Å². The van der Waals surface area contributed by atoms with Gasteiger partial charge in [-0.15, -0.1) is 0 Å². The molecule has 14 heavy (non-hydrogen) atoms. The van der Waals surface area contributed by atoms with Crippen molar-refractivity contribution in [1.29, 1.82) is 0 Å². The molecule has 1 heterocycles. The van der Waals surface area contributed by atoms with Crippen molar-refractivity contribution in [2.24, 2.45) is 0 Å². The minimum absolute atomic E-state index is 0.0386. The van der Waals surface area contributed by atoms with E-state index in [2.05, 4.69) is 24.0 Å². The third kappa shape index (κ3) is 3.91. The van der Waals surface area contributed by atoms with Gasteiger partial charge in [-0.2, -0.15) is 16.7 Å². The summed E-state index contributed by atoms with van der Waals surface area (Å²) in [5.41, 5.74) is 0. The van der Waals surface area contributed by atoms with Crippen LogP contribution in [0.2, 0.25) is 0 Å². The maximum Gasteiger partial charge on any atom is 0.234 e. The molecule has 0 aliphatic heterocycles. The van der Waals surface area contributed by atoms with E-state index in [1.165, 1.54) is 6.92 Å². The molecule has 4 nitrogen and oxygen atoms in total. The van der Waals surface area contributed by atoms with Crippen molar-refractivity contribution in [3.05, 3.63) is 11.7 Å². The predicted octanol–water partition coefficient (Wildman–Crippen LogP) is 1.84. The Labute approximate surface area is 87.5 Å². The molecule has 0 radical (unpaired) electrons. The van der Waals surface area contributed by atoms with E-state index in [4.69, 9.17) is 4.52 Å². The van der Waals surface area contributed by atoms with E-state index in [9.17, 15) is 4.79 Å². The molecule has 0 atom stereocenters. The minimum Gasteiger partial charge on any atom is -0.339 e. The number of hydrogen-bond donors (Lipinski definition) is 0. The van der Waals surface area contributed by atoms with Crippen LogP contribution in [0.4, 0.5) is 0 Å². The van der Waals surface area contributed by atoms with E-state index >= 15 is 0 Å². The number of carbonyl (C=O) groups is 1. The summed E-state index contributed by atoms with van der Waals surface area (Å²) < 4.78 is 4.91. The first-order valence-electron chi connectivity index (χ1n) is 4.50. The number of nitrogens with zero attached hydrogens (tertiary/aromatic N) is 2. The Kier molecular flexibility index (Phi) is 4.13. The second-order valence-electron chi connectivity index (χ2n) is 3.34. The van der Waals surface area contributed by atoms with Crippen molar-refractivity contribution in [2.45, 2.75) is 38.2 Å². The monoisotopic (exact) mass is 214 g/mol. The molecule has 0 aliphatic carbocycles. The fraction of sp³-hybridized carbons (Fsp3) is 0.667. The lowest BCUT2D eigenvalue weighted by molar-refractivity contribution is -0.116. The summed E-state index contributed by atoms with van der Waals surface area (Å²) >= 11 is 1.75. The highest BCUT2D eigenvalue weighted by Crippen LogP contribution is 2.14. The molecule has 0 spiro atoms. The lowest BCUT2D eigenvalue weighted by Gasteiger charge is -1.98. The number of hydrogen-bond acceptors (Lipinski definition) is 5. The number of ketones is 1. The second kappa shape index (κ2) is 5.14. The first-order chi connectivity index (χ1) is 6.58. The largest absolute Gasteiger partial charge is 0.339 e. The van der Waals surface area contributed by atoms with Gasteiger partial charge in [-0.1, -0.05) is 19.0 Å². The maximum atomic E-state index is 10.8. The van der Waals surface area contributed by atoms with Crippen LogP contribution in [0.3, 0.4) is 0 Å². The van der Waals surface area contributed by atoms with Gasteiger partial charge in [-0.05, 0) is 12.2 Å². The highest BCUT2D eigenvalue weighted by molar-refractivity contribution is 7.99. The predicted molar refractivity (Wildman–Crippen MR) is 55.1 cm³/mol. The van der Waals surface area contributed by atoms with Crippen LogP contribution in [-0.4, -0.2) is 21.2 Å². The Balaban J connectivity index is 2.46. The van der Waals surface area contributed by atoms with Crippen LogP contribution < -0.4 is 0 Å². The fourth-order valence-electron chi connectivity index (χ4n) is 0.875. The minimum atomic E-state index is 0.0386. The zero-order chi connectivity index (χ0) is 10.6. The molecule has 0 amide bonds. The van der Waals surface area contributed by atoms with E-state index in [-0.39, 0.29) is 12.2 Å². The van der Waals surface area contributed by atoms with E-state index < -0.39 is 0 Å². The number of rotatable bonds is 5. The normalized spacial score (nSPS) is 10.9. The molecular weight excluding hydrogens is 200 g/mol. The van der Waals surface area contributed by atoms with Crippen LogP contribution in [0.25, 0.3) is 0 Å². The highest BCUT2D eigenvalue weighted by atomic mass is 32.2. The van der Waals surface area contributed by atoms with Crippen LogP contribution in [0.1, 0.15) is 32.5 Å². The van der Waals surface area contributed by atoms with Crippen LogP contribution in [0.5, 0.6) is 0 Å². The Hall–Kier alpha value is -0.840. The molecular formula is C9H14N2O2S. The van der Waals surface area contributed by atoms with Crippen LogP contribution >= 0.6 is 11.8 Å². The van der Waals surface area contributed by atoms with Gasteiger partial charge in [0.1, 0.15) is 5.78 Å². The number of aromatic nitrogens is 2. The summed E-state index contributed by atoms with van der Waals surface area (Å²) in [5, 5.41) is 4.33. The summed E-state index contributed by atoms with van der Waals surface area (Å²) in [4.78, 5) is 14.9.